The van der Waals surface area contributed by atoms with Crippen molar-refractivity contribution in [1.29, 1.82) is 0 Å². The summed E-state index contributed by atoms with van der Waals surface area (Å²) in [6.45, 7) is 0. The number of halogens is 4. The minimum Gasteiger partial charge on any atom is -0.362 e. The molecule has 0 radical (unpaired) electrons. The second-order valence-corrected chi connectivity index (χ2v) is 6.98. The molecule has 0 spiro atoms. The summed E-state index contributed by atoms with van der Waals surface area (Å²) >= 11 is 2.03. The third-order valence-corrected chi connectivity index (χ3v) is 5.04. The summed E-state index contributed by atoms with van der Waals surface area (Å²) in [7, 11) is 0. The van der Waals surface area contributed by atoms with Gasteiger partial charge in [0.2, 0.25) is 0 Å². The van der Waals surface area contributed by atoms with Crippen LogP contribution in [0.25, 0.3) is 0 Å². The fourth-order valence-corrected chi connectivity index (χ4v) is 3.49. The summed E-state index contributed by atoms with van der Waals surface area (Å²) in [4.78, 5) is 12.5. The number of nitrogens with zero attached hydrogens (tertiary/aromatic N) is 2. The number of hydrogen-bond donors (Lipinski definition) is 1. The van der Waals surface area contributed by atoms with Crippen LogP contribution in [0, 0.1) is 9.49 Å². The van der Waals surface area contributed by atoms with Gasteiger partial charge in [-0.25, -0.2) is 0 Å². The highest BCUT2D eigenvalue weighted by Crippen LogP contribution is 2.48. The standard InChI is InChI=1S/C15H14F3IN2O2/c16-15(17,18)14(23)11-3-1-2-4-12(11)20-21(14)13(22)9-5-7-10(19)8-6-9/h5-8,11,23H,1-4H2/t11-,14-/m0/s1. The Morgan fingerprint density at radius 3 is 2.57 bits per heavy atom. The first kappa shape index (κ1) is 16.7. The molecule has 1 aromatic carbocycles. The molecule has 0 saturated heterocycles. The Labute approximate surface area is 144 Å². The number of benzene rings is 1. The number of rotatable bonds is 1. The zero-order valence-corrected chi connectivity index (χ0v) is 14.1. The largest absolute Gasteiger partial charge is 0.439 e. The lowest BCUT2D eigenvalue weighted by Crippen LogP contribution is -2.61. The van der Waals surface area contributed by atoms with Crippen LogP contribution in [-0.4, -0.2) is 33.6 Å². The van der Waals surface area contributed by atoms with Crippen molar-refractivity contribution in [3.8, 4) is 0 Å². The highest BCUT2D eigenvalue weighted by atomic mass is 127. The van der Waals surface area contributed by atoms with E-state index in [9.17, 15) is 23.1 Å². The van der Waals surface area contributed by atoms with Crippen molar-refractivity contribution in [3.05, 3.63) is 33.4 Å². The lowest BCUT2D eigenvalue weighted by molar-refractivity contribution is -0.312. The van der Waals surface area contributed by atoms with Gasteiger partial charge in [0.25, 0.3) is 11.6 Å². The van der Waals surface area contributed by atoms with Gasteiger partial charge in [-0.05, 0) is 66.1 Å². The fraction of sp³-hybridized carbons (Fsp3) is 0.467. The molecule has 1 aliphatic carbocycles. The first-order valence-electron chi connectivity index (χ1n) is 7.21. The third-order valence-electron chi connectivity index (χ3n) is 4.32. The second kappa shape index (κ2) is 5.73. The van der Waals surface area contributed by atoms with Crippen LogP contribution in [0.2, 0.25) is 0 Å². The number of carbonyl (C=O) groups is 1. The summed E-state index contributed by atoms with van der Waals surface area (Å²) in [5.41, 5.74) is -2.94. The van der Waals surface area contributed by atoms with E-state index in [-0.39, 0.29) is 22.7 Å². The molecular weight excluding hydrogens is 424 g/mol. The first-order valence-corrected chi connectivity index (χ1v) is 8.29. The topological polar surface area (TPSA) is 52.9 Å². The summed E-state index contributed by atoms with van der Waals surface area (Å²) in [6, 6.07) is 6.11. The number of alkyl halides is 3. The minimum atomic E-state index is -4.97. The molecule has 4 nitrogen and oxygen atoms in total. The van der Waals surface area contributed by atoms with E-state index in [1.54, 1.807) is 12.1 Å². The number of amides is 1. The maximum absolute atomic E-state index is 13.6. The van der Waals surface area contributed by atoms with Crippen molar-refractivity contribution >= 4 is 34.2 Å². The van der Waals surface area contributed by atoms with Crippen LogP contribution >= 0.6 is 22.6 Å². The normalized spacial score (nSPS) is 27.6. The molecule has 0 unspecified atom stereocenters. The zero-order chi connectivity index (χ0) is 16.8. The molecule has 1 aromatic rings. The number of carbonyl (C=O) groups excluding carboxylic acids is 1. The Bertz CT molecular complexity index is 660. The zero-order valence-electron chi connectivity index (χ0n) is 12.0. The quantitative estimate of drug-likeness (QED) is 0.683. The summed E-state index contributed by atoms with van der Waals surface area (Å²) in [5.74, 6) is -2.12. The van der Waals surface area contributed by atoms with Gasteiger partial charge in [0.1, 0.15) is 0 Å². The van der Waals surface area contributed by atoms with E-state index in [1.807, 2.05) is 22.6 Å². The van der Waals surface area contributed by atoms with Crippen molar-refractivity contribution in [2.75, 3.05) is 0 Å². The number of hydrogen-bond acceptors (Lipinski definition) is 3. The van der Waals surface area contributed by atoms with Gasteiger partial charge in [0.15, 0.2) is 0 Å². The molecule has 1 heterocycles. The minimum absolute atomic E-state index is 0.0658. The van der Waals surface area contributed by atoms with Crippen LogP contribution in [-0.2, 0) is 0 Å². The lowest BCUT2D eigenvalue weighted by Gasteiger charge is -2.38. The molecule has 1 aliphatic heterocycles. The molecular formula is C15H14F3IN2O2. The van der Waals surface area contributed by atoms with E-state index in [2.05, 4.69) is 5.10 Å². The van der Waals surface area contributed by atoms with Crippen molar-refractivity contribution in [2.24, 2.45) is 11.0 Å². The first-order chi connectivity index (χ1) is 10.7. The Kier molecular flexibility index (Phi) is 4.16. The molecule has 1 N–H and O–H groups in total. The Hall–Kier alpha value is -1.16. The van der Waals surface area contributed by atoms with Gasteiger partial charge in [0, 0.05) is 14.8 Å². The molecule has 0 aromatic heterocycles. The van der Waals surface area contributed by atoms with E-state index >= 15 is 0 Å². The average Bonchev–Trinajstić information content (AvgIpc) is 2.82. The van der Waals surface area contributed by atoms with Crippen LogP contribution in [0.5, 0.6) is 0 Å². The van der Waals surface area contributed by atoms with E-state index in [1.165, 1.54) is 12.1 Å². The Morgan fingerprint density at radius 1 is 1.30 bits per heavy atom. The van der Waals surface area contributed by atoms with Crippen molar-refractivity contribution in [2.45, 2.75) is 37.6 Å². The average molecular weight is 438 g/mol. The maximum atomic E-state index is 13.6. The summed E-state index contributed by atoms with van der Waals surface area (Å²) in [6.07, 6.45) is -3.13. The fourth-order valence-electron chi connectivity index (χ4n) is 3.13. The SMILES string of the molecule is O=C(c1ccc(I)cc1)N1N=C2CCCC[C@@H]2[C@]1(O)C(F)(F)F. The van der Waals surface area contributed by atoms with Gasteiger partial charge in [-0.1, -0.05) is 6.42 Å². The Balaban J connectivity index is 2.03. The van der Waals surface area contributed by atoms with Gasteiger partial charge in [0.05, 0.1) is 5.92 Å². The lowest BCUT2D eigenvalue weighted by atomic mass is 9.80. The van der Waals surface area contributed by atoms with Crippen LogP contribution in [0.3, 0.4) is 0 Å². The molecule has 1 fully saturated rings. The van der Waals surface area contributed by atoms with Gasteiger partial charge in [-0.2, -0.15) is 23.3 Å². The monoisotopic (exact) mass is 438 g/mol. The van der Waals surface area contributed by atoms with Crippen LogP contribution in [0.4, 0.5) is 13.2 Å². The summed E-state index contributed by atoms with van der Waals surface area (Å²) < 4.78 is 41.6. The van der Waals surface area contributed by atoms with E-state index in [0.717, 1.165) is 9.99 Å². The van der Waals surface area contributed by atoms with Crippen LogP contribution < -0.4 is 0 Å². The third kappa shape index (κ3) is 2.65. The van der Waals surface area contributed by atoms with Gasteiger partial charge in [-0.3, -0.25) is 4.79 Å². The molecule has 1 saturated carbocycles. The van der Waals surface area contributed by atoms with Gasteiger partial charge >= 0.3 is 6.18 Å². The van der Waals surface area contributed by atoms with Gasteiger partial charge < -0.3 is 5.11 Å². The molecule has 23 heavy (non-hydrogen) atoms. The predicted octanol–water partition coefficient (Wildman–Crippen LogP) is 3.54. The van der Waals surface area contributed by atoms with E-state index in [0.29, 0.717) is 12.8 Å². The van der Waals surface area contributed by atoms with E-state index < -0.39 is 23.7 Å². The highest BCUT2D eigenvalue weighted by molar-refractivity contribution is 14.1. The molecule has 1 amide bonds. The number of aliphatic hydroxyl groups is 1. The number of fused-ring (bicyclic) bond motifs is 1. The van der Waals surface area contributed by atoms with Crippen molar-refractivity contribution in [3.63, 3.8) is 0 Å². The van der Waals surface area contributed by atoms with Crippen molar-refractivity contribution < 1.29 is 23.1 Å². The second-order valence-electron chi connectivity index (χ2n) is 5.74. The molecule has 124 valence electrons. The van der Waals surface area contributed by atoms with E-state index in [4.69, 9.17) is 0 Å². The molecule has 0 bridgehead atoms. The highest BCUT2D eigenvalue weighted by Gasteiger charge is 2.68. The molecule has 2 aliphatic rings. The van der Waals surface area contributed by atoms with Crippen LogP contribution in [0.1, 0.15) is 36.0 Å². The van der Waals surface area contributed by atoms with Gasteiger partial charge in [-0.15, -0.1) is 0 Å². The van der Waals surface area contributed by atoms with Crippen LogP contribution in [0.15, 0.2) is 29.4 Å². The number of hydrazone groups is 1. The predicted molar refractivity (Wildman–Crippen MR) is 85.7 cm³/mol. The Morgan fingerprint density at radius 2 is 1.96 bits per heavy atom. The maximum Gasteiger partial charge on any atom is 0.439 e. The summed E-state index contributed by atoms with van der Waals surface area (Å²) in [5, 5.41) is 14.5. The smallest absolute Gasteiger partial charge is 0.362 e. The molecule has 8 heteroatoms. The molecule has 2 atom stereocenters. The molecule has 3 rings (SSSR count). The van der Waals surface area contributed by atoms with Crippen molar-refractivity contribution in [1.82, 2.24) is 5.01 Å².